The molecule has 3 aromatic rings. The van der Waals surface area contributed by atoms with Crippen LogP contribution in [0.2, 0.25) is 5.02 Å². The Morgan fingerprint density at radius 1 is 1.10 bits per heavy atom. The van der Waals surface area contributed by atoms with Crippen molar-refractivity contribution in [3.8, 4) is 0 Å². The molecule has 1 aliphatic heterocycles. The lowest BCUT2D eigenvalue weighted by Crippen LogP contribution is -2.28. The highest BCUT2D eigenvalue weighted by Gasteiger charge is 2.24. The van der Waals surface area contributed by atoms with Gasteiger partial charge < -0.3 is 10.2 Å². The molecule has 0 saturated carbocycles. The van der Waals surface area contributed by atoms with Crippen LogP contribution in [-0.2, 0) is 9.84 Å². The van der Waals surface area contributed by atoms with E-state index in [4.69, 9.17) is 11.6 Å². The number of halogens is 2. The van der Waals surface area contributed by atoms with Gasteiger partial charge >= 0.3 is 0 Å². The van der Waals surface area contributed by atoms with Crippen LogP contribution in [0.3, 0.4) is 0 Å². The highest BCUT2D eigenvalue weighted by molar-refractivity contribution is 7.91. The van der Waals surface area contributed by atoms with Gasteiger partial charge in [0.1, 0.15) is 5.82 Å². The number of rotatable bonds is 3. The molecule has 1 saturated heterocycles. The fraction of sp³-hybridized carbons (Fsp3) is 0.286. The Morgan fingerprint density at radius 3 is 2.72 bits per heavy atom. The van der Waals surface area contributed by atoms with Gasteiger partial charge in [-0.1, -0.05) is 29.8 Å². The molecule has 0 atom stereocenters. The largest absolute Gasteiger partial charge is 0.355 e. The molecule has 2 heterocycles. The number of sulfone groups is 1. The van der Waals surface area contributed by atoms with Crippen molar-refractivity contribution in [2.75, 3.05) is 31.1 Å². The Balaban J connectivity index is 0.00000240. The van der Waals surface area contributed by atoms with Crippen molar-refractivity contribution in [3.05, 3.63) is 59.2 Å². The molecule has 8 heteroatoms. The van der Waals surface area contributed by atoms with Gasteiger partial charge in [-0.05, 0) is 55.1 Å². The van der Waals surface area contributed by atoms with Gasteiger partial charge in [-0.2, -0.15) is 0 Å². The molecule has 29 heavy (non-hydrogen) atoms. The van der Waals surface area contributed by atoms with E-state index in [-0.39, 0.29) is 27.2 Å². The van der Waals surface area contributed by atoms with Gasteiger partial charge in [0.05, 0.1) is 14.8 Å². The van der Waals surface area contributed by atoms with E-state index in [0.717, 1.165) is 49.2 Å². The van der Waals surface area contributed by atoms with Crippen LogP contribution in [-0.4, -0.2) is 39.6 Å². The first-order chi connectivity index (χ1) is 13.5. The molecule has 2 aromatic carbocycles. The maximum atomic E-state index is 13.3. The van der Waals surface area contributed by atoms with Crippen LogP contribution in [0.5, 0.6) is 0 Å². The number of aryl methyl sites for hydroxylation is 1. The summed E-state index contributed by atoms with van der Waals surface area (Å²) >= 11 is 6.25. The van der Waals surface area contributed by atoms with E-state index in [1.54, 1.807) is 43.5 Å². The van der Waals surface area contributed by atoms with Crippen molar-refractivity contribution >= 4 is 50.4 Å². The summed E-state index contributed by atoms with van der Waals surface area (Å²) in [7, 11) is -3.74. The molecule has 0 bridgehead atoms. The van der Waals surface area contributed by atoms with Crippen molar-refractivity contribution in [2.24, 2.45) is 0 Å². The lowest BCUT2D eigenvalue weighted by Gasteiger charge is -2.23. The summed E-state index contributed by atoms with van der Waals surface area (Å²) in [6.45, 7) is 5.35. The number of aromatic nitrogens is 1. The summed E-state index contributed by atoms with van der Waals surface area (Å²) in [6.07, 6.45) is 2.80. The van der Waals surface area contributed by atoms with Crippen LogP contribution in [0.15, 0.2) is 58.5 Å². The number of hydrogen-bond donors (Lipinski definition) is 1. The van der Waals surface area contributed by atoms with Crippen molar-refractivity contribution in [1.82, 2.24) is 10.3 Å². The third-order valence-electron chi connectivity index (χ3n) is 5.10. The fourth-order valence-electron chi connectivity index (χ4n) is 3.68. The monoisotopic (exact) mass is 451 g/mol. The van der Waals surface area contributed by atoms with Crippen LogP contribution >= 0.6 is 24.0 Å². The maximum absolute atomic E-state index is 13.3. The summed E-state index contributed by atoms with van der Waals surface area (Å²) in [5.41, 5.74) is 0.637. The Labute approximate surface area is 182 Å². The second kappa shape index (κ2) is 8.88. The summed E-state index contributed by atoms with van der Waals surface area (Å²) in [4.78, 5) is 7.20. The summed E-state index contributed by atoms with van der Waals surface area (Å²) in [6, 6.07) is 12.3. The summed E-state index contributed by atoms with van der Waals surface area (Å²) < 4.78 is 26.7. The van der Waals surface area contributed by atoms with E-state index in [1.165, 1.54) is 0 Å². The number of fused-ring (bicyclic) bond motifs is 1. The fourth-order valence-corrected chi connectivity index (χ4v) is 5.78. The minimum Gasteiger partial charge on any atom is -0.355 e. The topological polar surface area (TPSA) is 62.3 Å². The van der Waals surface area contributed by atoms with Gasteiger partial charge in [0.25, 0.3) is 0 Å². The highest BCUT2D eigenvalue weighted by atomic mass is 35.5. The zero-order valence-electron chi connectivity index (χ0n) is 16.1. The standard InChI is InChI=1S/C21H22ClN3O2S.ClH/c1-15-4-2-5-19(22)20(15)28(26,27)17-7-6-16-8-10-24-21(18(16)14-17)25-12-3-9-23-11-13-25;/h2,4-8,10,14,23H,3,9,11-13H2,1H3;1H. The second-order valence-electron chi connectivity index (χ2n) is 7.00. The second-order valence-corrected chi connectivity index (χ2v) is 9.29. The lowest BCUT2D eigenvalue weighted by atomic mass is 10.1. The number of nitrogens with one attached hydrogen (secondary N) is 1. The predicted octanol–water partition coefficient (Wildman–Crippen LogP) is 4.25. The van der Waals surface area contributed by atoms with Gasteiger partial charge in [0.15, 0.2) is 0 Å². The molecular weight excluding hydrogens is 429 g/mol. The number of nitrogens with zero attached hydrogens (tertiary/aromatic N) is 2. The lowest BCUT2D eigenvalue weighted by molar-refractivity contribution is 0.595. The van der Waals surface area contributed by atoms with E-state index in [0.29, 0.717) is 5.56 Å². The first-order valence-corrected chi connectivity index (χ1v) is 11.2. The number of pyridine rings is 1. The Morgan fingerprint density at radius 2 is 1.93 bits per heavy atom. The molecular formula is C21H23Cl2N3O2S. The molecule has 1 aromatic heterocycles. The molecule has 4 rings (SSSR count). The average molecular weight is 452 g/mol. The minimum absolute atomic E-state index is 0. The van der Waals surface area contributed by atoms with Crippen molar-refractivity contribution in [2.45, 2.75) is 23.1 Å². The molecule has 1 N–H and O–H groups in total. The third kappa shape index (κ3) is 4.21. The van der Waals surface area contributed by atoms with Crippen LogP contribution in [0.25, 0.3) is 10.8 Å². The van der Waals surface area contributed by atoms with Crippen molar-refractivity contribution in [1.29, 1.82) is 0 Å². The first kappa shape index (κ1) is 21.8. The van der Waals surface area contributed by atoms with E-state index in [1.807, 2.05) is 12.1 Å². The summed E-state index contributed by atoms with van der Waals surface area (Å²) in [5.74, 6) is 0.828. The van der Waals surface area contributed by atoms with Gasteiger partial charge in [0, 0.05) is 31.2 Å². The predicted molar refractivity (Wildman–Crippen MR) is 120 cm³/mol. The maximum Gasteiger partial charge on any atom is 0.208 e. The number of anilines is 1. The zero-order chi connectivity index (χ0) is 19.7. The van der Waals surface area contributed by atoms with Gasteiger partial charge in [-0.3, -0.25) is 0 Å². The van der Waals surface area contributed by atoms with Crippen LogP contribution in [0, 0.1) is 6.92 Å². The van der Waals surface area contributed by atoms with Gasteiger partial charge in [-0.15, -0.1) is 12.4 Å². The normalized spacial score (nSPS) is 15.0. The first-order valence-electron chi connectivity index (χ1n) is 9.33. The Kier molecular flexibility index (Phi) is 6.69. The van der Waals surface area contributed by atoms with Gasteiger partial charge in [0.2, 0.25) is 9.84 Å². The van der Waals surface area contributed by atoms with Gasteiger partial charge in [-0.25, -0.2) is 13.4 Å². The average Bonchev–Trinajstić information content (AvgIpc) is 2.96. The van der Waals surface area contributed by atoms with E-state index < -0.39 is 9.84 Å². The Hall–Kier alpha value is -1.86. The van der Waals surface area contributed by atoms with Crippen LogP contribution < -0.4 is 10.2 Å². The van der Waals surface area contributed by atoms with Crippen LogP contribution in [0.1, 0.15) is 12.0 Å². The molecule has 0 amide bonds. The molecule has 5 nitrogen and oxygen atoms in total. The molecule has 1 aliphatic rings. The third-order valence-corrected chi connectivity index (χ3v) is 7.48. The molecule has 1 fully saturated rings. The van der Waals surface area contributed by atoms with Crippen molar-refractivity contribution < 1.29 is 8.42 Å². The molecule has 0 aliphatic carbocycles. The zero-order valence-corrected chi connectivity index (χ0v) is 18.4. The summed E-state index contributed by atoms with van der Waals surface area (Å²) in [5, 5.41) is 5.44. The quantitative estimate of drug-likeness (QED) is 0.644. The van der Waals surface area contributed by atoms with E-state index in [9.17, 15) is 8.42 Å². The Bertz CT molecular complexity index is 1110. The molecule has 154 valence electrons. The highest BCUT2D eigenvalue weighted by Crippen LogP contribution is 2.33. The molecule has 0 radical (unpaired) electrons. The van der Waals surface area contributed by atoms with E-state index >= 15 is 0 Å². The molecule has 0 unspecified atom stereocenters. The smallest absolute Gasteiger partial charge is 0.208 e. The number of benzene rings is 2. The number of hydrogen-bond acceptors (Lipinski definition) is 5. The minimum atomic E-state index is -3.74. The molecule has 0 spiro atoms. The van der Waals surface area contributed by atoms with Crippen molar-refractivity contribution in [3.63, 3.8) is 0 Å². The SMILES string of the molecule is Cc1cccc(Cl)c1S(=O)(=O)c1ccc2ccnc(N3CCCNCC3)c2c1.Cl. The van der Waals surface area contributed by atoms with E-state index in [2.05, 4.69) is 15.2 Å². The van der Waals surface area contributed by atoms with Crippen LogP contribution in [0.4, 0.5) is 5.82 Å².